The van der Waals surface area contributed by atoms with E-state index >= 15 is 0 Å². The molecule has 0 saturated heterocycles. The lowest BCUT2D eigenvalue weighted by Gasteiger charge is -2.08. The molecule has 108 valence electrons. The molecule has 0 radical (unpaired) electrons. The van der Waals surface area contributed by atoms with Gasteiger partial charge in [-0.1, -0.05) is 6.07 Å². The van der Waals surface area contributed by atoms with Crippen LogP contribution < -0.4 is 15.8 Å². The Labute approximate surface area is 121 Å². The molecule has 0 saturated carbocycles. The zero-order valence-corrected chi connectivity index (χ0v) is 11.3. The van der Waals surface area contributed by atoms with Crippen molar-refractivity contribution in [2.45, 2.75) is 0 Å². The third kappa shape index (κ3) is 3.30. The number of methoxy groups -OCH3 is 1. The highest BCUT2D eigenvalue weighted by Crippen LogP contribution is 2.26. The van der Waals surface area contributed by atoms with Crippen LogP contribution in [0.25, 0.3) is 0 Å². The van der Waals surface area contributed by atoms with E-state index in [9.17, 15) is 14.7 Å². The summed E-state index contributed by atoms with van der Waals surface area (Å²) in [6, 6.07) is 10.6. The number of phenolic OH excluding ortho intramolecular Hbond substituents is 1. The standard InChI is InChI=1S/C15H14N2O4/c1-21-13-6-5-10(8-12(13)18)15(20)17-11-4-2-3-9(7-11)14(16)19/h2-8,18H,1H3,(H2,16,19)(H,17,20). The van der Waals surface area contributed by atoms with Gasteiger partial charge in [-0.15, -0.1) is 0 Å². The first-order chi connectivity index (χ1) is 10.0. The summed E-state index contributed by atoms with van der Waals surface area (Å²) in [7, 11) is 1.42. The number of hydrogen-bond donors (Lipinski definition) is 3. The Hall–Kier alpha value is -3.02. The molecule has 0 aliphatic heterocycles. The maximum Gasteiger partial charge on any atom is 0.255 e. The topological polar surface area (TPSA) is 102 Å². The predicted molar refractivity (Wildman–Crippen MR) is 77.6 cm³/mol. The maximum absolute atomic E-state index is 12.1. The summed E-state index contributed by atoms with van der Waals surface area (Å²) in [6.45, 7) is 0. The van der Waals surface area contributed by atoms with Crippen LogP contribution in [0.2, 0.25) is 0 Å². The average Bonchev–Trinajstić information content (AvgIpc) is 2.47. The quantitative estimate of drug-likeness (QED) is 0.796. The Morgan fingerprint density at radius 2 is 1.90 bits per heavy atom. The first kappa shape index (κ1) is 14.4. The Balaban J connectivity index is 2.20. The number of nitrogens with two attached hydrogens (primary N) is 1. The number of phenols is 1. The first-order valence-electron chi connectivity index (χ1n) is 6.09. The van der Waals surface area contributed by atoms with Crippen LogP contribution in [0.15, 0.2) is 42.5 Å². The molecule has 0 aromatic heterocycles. The van der Waals surface area contributed by atoms with Gasteiger partial charge in [-0.25, -0.2) is 0 Å². The van der Waals surface area contributed by atoms with Crippen molar-refractivity contribution < 1.29 is 19.4 Å². The monoisotopic (exact) mass is 286 g/mol. The summed E-state index contributed by atoms with van der Waals surface area (Å²) < 4.78 is 4.91. The van der Waals surface area contributed by atoms with E-state index in [1.807, 2.05) is 0 Å². The number of carbonyl (C=O) groups excluding carboxylic acids is 2. The molecule has 0 aliphatic rings. The van der Waals surface area contributed by atoms with Gasteiger partial charge in [0.25, 0.3) is 5.91 Å². The minimum absolute atomic E-state index is 0.129. The number of nitrogens with one attached hydrogen (secondary N) is 1. The van der Waals surface area contributed by atoms with Crippen molar-refractivity contribution in [3.8, 4) is 11.5 Å². The smallest absolute Gasteiger partial charge is 0.255 e. The van der Waals surface area contributed by atoms with Gasteiger partial charge in [0.2, 0.25) is 5.91 Å². The van der Waals surface area contributed by atoms with E-state index in [0.717, 1.165) is 0 Å². The summed E-state index contributed by atoms with van der Waals surface area (Å²) in [5.41, 5.74) is 6.17. The van der Waals surface area contributed by atoms with Gasteiger partial charge in [-0.3, -0.25) is 9.59 Å². The molecule has 2 aromatic carbocycles. The Morgan fingerprint density at radius 3 is 2.52 bits per heavy atom. The average molecular weight is 286 g/mol. The van der Waals surface area contributed by atoms with Crippen LogP contribution in [0.5, 0.6) is 11.5 Å². The second-order valence-corrected chi connectivity index (χ2v) is 4.29. The lowest BCUT2D eigenvalue weighted by atomic mass is 10.1. The largest absolute Gasteiger partial charge is 0.504 e. The van der Waals surface area contributed by atoms with E-state index in [-0.39, 0.29) is 17.1 Å². The molecule has 2 aromatic rings. The zero-order chi connectivity index (χ0) is 15.4. The van der Waals surface area contributed by atoms with Crippen LogP contribution in [0.4, 0.5) is 5.69 Å². The van der Waals surface area contributed by atoms with Gasteiger partial charge in [-0.05, 0) is 36.4 Å². The summed E-state index contributed by atoms with van der Waals surface area (Å²) >= 11 is 0. The Morgan fingerprint density at radius 1 is 1.14 bits per heavy atom. The molecule has 0 bridgehead atoms. The number of aromatic hydroxyl groups is 1. The first-order valence-corrected chi connectivity index (χ1v) is 6.09. The lowest BCUT2D eigenvalue weighted by molar-refractivity contribution is 0.0996. The highest BCUT2D eigenvalue weighted by Gasteiger charge is 2.10. The number of hydrogen-bond acceptors (Lipinski definition) is 4. The molecule has 6 nitrogen and oxygen atoms in total. The molecule has 4 N–H and O–H groups in total. The number of amides is 2. The van der Waals surface area contributed by atoms with E-state index in [1.165, 1.54) is 31.4 Å². The van der Waals surface area contributed by atoms with Gasteiger partial charge in [0.1, 0.15) is 0 Å². The van der Waals surface area contributed by atoms with E-state index in [0.29, 0.717) is 11.3 Å². The molecule has 0 heterocycles. The fourth-order valence-electron chi connectivity index (χ4n) is 1.78. The Bertz CT molecular complexity index is 698. The lowest BCUT2D eigenvalue weighted by Crippen LogP contribution is -2.14. The molecular weight excluding hydrogens is 272 g/mol. The molecule has 0 fully saturated rings. The van der Waals surface area contributed by atoms with E-state index in [4.69, 9.17) is 10.5 Å². The number of rotatable bonds is 4. The maximum atomic E-state index is 12.1. The molecule has 0 atom stereocenters. The van der Waals surface area contributed by atoms with Crippen LogP contribution in [-0.4, -0.2) is 24.0 Å². The number of ether oxygens (including phenoxy) is 1. The second kappa shape index (κ2) is 5.96. The SMILES string of the molecule is COc1ccc(C(=O)Nc2cccc(C(N)=O)c2)cc1O. The molecular formula is C15H14N2O4. The third-order valence-electron chi connectivity index (χ3n) is 2.85. The van der Waals surface area contributed by atoms with E-state index in [1.54, 1.807) is 18.2 Å². The van der Waals surface area contributed by atoms with Crippen molar-refractivity contribution in [3.05, 3.63) is 53.6 Å². The van der Waals surface area contributed by atoms with Gasteiger partial charge in [0, 0.05) is 16.8 Å². The highest BCUT2D eigenvalue weighted by atomic mass is 16.5. The molecule has 21 heavy (non-hydrogen) atoms. The van der Waals surface area contributed by atoms with Crippen LogP contribution >= 0.6 is 0 Å². The van der Waals surface area contributed by atoms with Crippen LogP contribution in [0, 0.1) is 0 Å². The molecule has 2 rings (SSSR count). The summed E-state index contributed by atoms with van der Waals surface area (Å²) in [6.07, 6.45) is 0. The minimum atomic E-state index is -0.576. The number of benzene rings is 2. The number of anilines is 1. The molecule has 6 heteroatoms. The molecule has 0 spiro atoms. The van der Waals surface area contributed by atoms with Gasteiger partial charge in [0.15, 0.2) is 11.5 Å². The molecule has 0 aliphatic carbocycles. The number of carbonyl (C=O) groups is 2. The predicted octanol–water partition coefficient (Wildman–Crippen LogP) is 1.75. The number of primary amides is 1. The Kier molecular flexibility index (Phi) is 4.08. The van der Waals surface area contributed by atoms with Gasteiger partial charge in [-0.2, -0.15) is 0 Å². The fourth-order valence-corrected chi connectivity index (χ4v) is 1.78. The minimum Gasteiger partial charge on any atom is -0.504 e. The van der Waals surface area contributed by atoms with E-state index < -0.39 is 11.8 Å². The van der Waals surface area contributed by atoms with Crippen molar-refractivity contribution in [3.63, 3.8) is 0 Å². The summed E-state index contributed by atoms with van der Waals surface area (Å²) in [4.78, 5) is 23.2. The van der Waals surface area contributed by atoms with Crippen molar-refractivity contribution in [2.24, 2.45) is 5.73 Å². The molecule has 0 unspecified atom stereocenters. The van der Waals surface area contributed by atoms with Crippen LogP contribution in [-0.2, 0) is 0 Å². The van der Waals surface area contributed by atoms with Gasteiger partial charge < -0.3 is 20.9 Å². The van der Waals surface area contributed by atoms with Crippen molar-refractivity contribution in [2.75, 3.05) is 12.4 Å². The summed E-state index contributed by atoms with van der Waals surface area (Å²) in [5.74, 6) is -0.846. The normalized spacial score (nSPS) is 9.95. The van der Waals surface area contributed by atoms with Crippen molar-refractivity contribution in [1.82, 2.24) is 0 Å². The zero-order valence-electron chi connectivity index (χ0n) is 11.3. The van der Waals surface area contributed by atoms with E-state index in [2.05, 4.69) is 5.32 Å². The van der Waals surface area contributed by atoms with Crippen LogP contribution in [0.3, 0.4) is 0 Å². The third-order valence-corrected chi connectivity index (χ3v) is 2.85. The summed E-state index contributed by atoms with van der Waals surface area (Å²) in [5, 5.41) is 12.3. The van der Waals surface area contributed by atoms with Crippen LogP contribution in [0.1, 0.15) is 20.7 Å². The second-order valence-electron chi connectivity index (χ2n) is 4.29. The molecule has 2 amide bonds. The fraction of sp³-hybridized carbons (Fsp3) is 0.0667. The van der Waals surface area contributed by atoms with Gasteiger partial charge >= 0.3 is 0 Å². The van der Waals surface area contributed by atoms with Crippen molar-refractivity contribution >= 4 is 17.5 Å². The van der Waals surface area contributed by atoms with Crippen molar-refractivity contribution in [1.29, 1.82) is 0 Å². The van der Waals surface area contributed by atoms with Gasteiger partial charge in [0.05, 0.1) is 7.11 Å². The highest BCUT2D eigenvalue weighted by molar-refractivity contribution is 6.05.